The van der Waals surface area contributed by atoms with Crippen LogP contribution in [0.3, 0.4) is 0 Å². The van der Waals surface area contributed by atoms with Crippen LogP contribution in [-0.4, -0.2) is 6.61 Å². The van der Waals surface area contributed by atoms with Crippen LogP contribution in [0.5, 0.6) is 5.75 Å². The van der Waals surface area contributed by atoms with Gasteiger partial charge < -0.3 is 10.1 Å². The predicted molar refractivity (Wildman–Crippen MR) is 74.2 cm³/mol. The summed E-state index contributed by atoms with van der Waals surface area (Å²) in [5.74, 6) is 0.178. The van der Waals surface area contributed by atoms with Crippen LogP contribution in [0.2, 0.25) is 0 Å². The van der Waals surface area contributed by atoms with Crippen molar-refractivity contribution < 1.29 is 13.5 Å². The van der Waals surface area contributed by atoms with Gasteiger partial charge in [0.15, 0.2) is 0 Å². The van der Waals surface area contributed by atoms with E-state index in [0.717, 1.165) is 18.5 Å². The number of rotatable bonds is 4. The summed E-state index contributed by atoms with van der Waals surface area (Å²) < 4.78 is 28.5. The molecule has 2 aromatic carbocycles. The molecule has 1 aliphatic carbocycles. The van der Waals surface area contributed by atoms with Crippen LogP contribution in [0.25, 0.3) is 0 Å². The van der Waals surface area contributed by atoms with E-state index in [1.54, 1.807) is 24.3 Å². The maximum Gasteiger partial charge on any atom is 0.387 e. The van der Waals surface area contributed by atoms with Gasteiger partial charge >= 0.3 is 6.61 Å². The summed E-state index contributed by atoms with van der Waals surface area (Å²) in [6, 6.07) is 15.3. The van der Waals surface area contributed by atoms with Crippen molar-refractivity contribution in [3.63, 3.8) is 0 Å². The Morgan fingerprint density at radius 1 is 1.05 bits per heavy atom. The molecule has 2 nitrogen and oxygen atoms in total. The van der Waals surface area contributed by atoms with Gasteiger partial charge in [-0.25, -0.2) is 0 Å². The second kappa shape index (κ2) is 5.49. The Morgan fingerprint density at radius 3 is 2.55 bits per heavy atom. The molecule has 0 saturated heterocycles. The quantitative estimate of drug-likeness (QED) is 0.893. The van der Waals surface area contributed by atoms with Gasteiger partial charge in [-0.15, -0.1) is 0 Å². The Bertz CT molecular complexity index is 583. The van der Waals surface area contributed by atoms with Gasteiger partial charge in [-0.05, 0) is 48.2 Å². The average molecular weight is 275 g/mol. The summed E-state index contributed by atoms with van der Waals surface area (Å²) in [7, 11) is 0. The van der Waals surface area contributed by atoms with Crippen molar-refractivity contribution in [2.24, 2.45) is 0 Å². The molecule has 4 heteroatoms. The molecule has 0 spiro atoms. The van der Waals surface area contributed by atoms with E-state index in [1.807, 2.05) is 6.07 Å². The third-order valence-corrected chi connectivity index (χ3v) is 3.55. The highest BCUT2D eigenvalue weighted by atomic mass is 19.3. The molecule has 0 fully saturated rings. The molecule has 20 heavy (non-hydrogen) atoms. The Kier molecular flexibility index (Phi) is 3.54. The molecule has 0 amide bonds. The first-order valence-electron chi connectivity index (χ1n) is 6.61. The molecular weight excluding hydrogens is 260 g/mol. The molecule has 104 valence electrons. The van der Waals surface area contributed by atoms with E-state index >= 15 is 0 Å². The number of alkyl halides is 2. The second-order valence-corrected chi connectivity index (χ2v) is 4.84. The number of nitrogens with one attached hydrogen (secondary N) is 1. The lowest BCUT2D eigenvalue weighted by Gasteiger charge is -2.16. The molecule has 0 saturated carbocycles. The van der Waals surface area contributed by atoms with Crippen LogP contribution in [0.1, 0.15) is 23.6 Å². The minimum absolute atomic E-state index is 0.178. The summed E-state index contributed by atoms with van der Waals surface area (Å²) in [5.41, 5.74) is 3.61. The number of hydrogen-bond donors (Lipinski definition) is 1. The summed E-state index contributed by atoms with van der Waals surface area (Å²) >= 11 is 0. The van der Waals surface area contributed by atoms with E-state index in [1.165, 1.54) is 11.1 Å². The monoisotopic (exact) mass is 275 g/mol. The lowest BCUT2D eigenvalue weighted by molar-refractivity contribution is -0.0498. The lowest BCUT2D eigenvalue weighted by atomic mass is 10.1. The lowest BCUT2D eigenvalue weighted by Crippen LogP contribution is -2.07. The summed E-state index contributed by atoms with van der Waals surface area (Å²) in [5, 5.41) is 3.43. The minimum atomic E-state index is -2.78. The number of benzene rings is 2. The average Bonchev–Trinajstić information content (AvgIpc) is 2.84. The summed E-state index contributed by atoms with van der Waals surface area (Å²) in [6.45, 7) is -2.78. The van der Waals surface area contributed by atoms with E-state index in [9.17, 15) is 8.78 Å². The fraction of sp³-hybridized carbons (Fsp3) is 0.250. The number of fused-ring (bicyclic) bond motifs is 1. The maximum atomic E-state index is 12.1. The zero-order chi connectivity index (χ0) is 13.9. The molecule has 1 aliphatic rings. The Morgan fingerprint density at radius 2 is 1.80 bits per heavy atom. The van der Waals surface area contributed by atoms with Crippen molar-refractivity contribution in [3.8, 4) is 5.75 Å². The minimum Gasteiger partial charge on any atom is -0.435 e. The fourth-order valence-corrected chi connectivity index (χ4v) is 2.64. The first-order chi connectivity index (χ1) is 9.72. The number of halogens is 2. The molecular formula is C16H15F2NO. The van der Waals surface area contributed by atoms with Gasteiger partial charge in [0.2, 0.25) is 0 Å². The Hall–Kier alpha value is -2.10. The van der Waals surface area contributed by atoms with E-state index in [0.29, 0.717) is 0 Å². The zero-order valence-corrected chi connectivity index (χ0v) is 10.9. The Labute approximate surface area is 116 Å². The SMILES string of the molecule is FC(F)Oc1ccc(NC2CCc3ccccc32)cc1. The van der Waals surface area contributed by atoms with Crippen molar-refractivity contribution in [1.29, 1.82) is 0 Å². The molecule has 0 aromatic heterocycles. The Balaban J connectivity index is 1.70. The van der Waals surface area contributed by atoms with E-state index in [-0.39, 0.29) is 11.8 Å². The van der Waals surface area contributed by atoms with Gasteiger partial charge in [-0.2, -0.15) is 8.78 Å². The van der Waals surface area contributed by atoms with Crippen LogP contribution in [0, 0.1) is 0 Å². The predicted octanol–water partition coefficient (Wildman–Crippen LogP) is 4.39. The van der Waals surface area contributed by atoms with Gasteiger partial charge in [0.05, 0.1) is 6.04 Å². The van der Waals surface area contributed by atoms with Crippen molar-refractivity contribution in [1.82, 2.24) is 0 Å². The number of hydrogen-bond acceptors (Lipinski definition) is 2. The third-order valence-electron chi connectivity index (χ3n) is 3.55. The highest BCUT2D eigenvalue weighted by molar-refractivity contribution is 5.50. The zero-order valence-electron chi connectivity index (χ0n) is 10.9. The number of anilines is 1. The van der Waals surface area contributed by atoms with Crippen molar-refractivity contribution in [3.05, 3.63) is 59.7 Å². The highest BCUT2D eigenvalue weighted by Gasteiger charge is 2.21. The van der Waals surface area contributed by atoms with Gasteiger partial charge in [0.25, 0.3) is 0 Å². The van der Waals surface area contributed by atoms with Gasteiger partial charge in [-0.1, -0.05) is 24.3 Å². The van der Waals surface area contributed by atoms with Crippen LogP contribution < -0.4 is 10.1 Å². The van der Waals surface area contributed by atoms with E-state index in [4.69, 9.17) is 0 Å². The molecule has 3 rings (SSSR count). The number of aryl methyl sites for hydroxylation is 1. The molecule has 0 radical (unpaired) electrons. The smallest absolute Gasteiger partial charge is 0.387 e. The summed E-state index contributed by atoms with van der Waals surface area (Å²) in [6.07, 6.45) is 2.12. The molecule has 1 atom stereocenters. The standard InChI is InChI=1S/C16H15F2NO/c17-16(18)20-13-8-6-12(7-9-13)19-15-10-5-11-3-1-2-4-14(11)15/h1-4,6-9,15-16,19H,5,10H2. The van der Waals surface area contributed by atoms with Crippen molar-refractivity contribution in [2.45, 2.75) is 25.5 Å². The molecule has 1 unspecified atom stereocenters. The van der Waals surface area contributed by atoms with Crippen molar-refractivity contribution in [2.75, 3.05) is 5.32 Å². The normalized spacial score (nSPS) is 17.1. The van der Waals surface area contributed by atoms with Crippen molar-refractivity contribution >= 4 is 5.69 Å². The van der Waals surface area contributed by atoms with E-state index in [2.05, 4.69) is 28.3 Å². The van der Waals surface area contributed by atoms with Crippen LogP contribution in [0.15, 0.2) is 48.5 Å². The van der Waals surface area contributed by atoms with Crippen LogP contribution >= 0.6 is 0 Å². The fourth-order valence-electron chi connectivity index (χ4n) is 2.64. The first-order valence-corrected chi connectivity index (χ1v) is 6.61. The van der Waals surface area contributed by atoms with Crippen LogP contribution in [0.4, 0.5) is 14.5 Å². The molecule has 0 aliphatic heterocycles. The van der Waals surface area contributed by atoms with Gasteiger partial charge in [0, 0.05) is 5.69 Å². The molecule has 0 heterocycles. The largest absolute Gasteiger partial charge is 0.435 e. The summed E-state index contributed by atoms with van der Waals surface area (Å²) in [4.78, 5) is 0. The molecule has 0 bridgehead atoms. The highest BCUT2D eigenvalue weighted by Crippen LogP contribution is 2.33. The second-order valence-electron chi connectivity index (χ2n) is 4.84. The first kappa shape index (κ1) is 12.9. The van der Waals surface area contributed by atoms with E-state index < -0.39 is 6.61 Å². The molecule has 1 N–H and O–H groups in total. The third kappa shape index (κ3) is 2.74. The van der Waals surface area contributed by atoms with Gasteiger partial charge in [0.1, 0.15) is 5.75 Å². The van der Waals surface area contributed by atoms with Gasteiger partial charge in [-0.3, -0.25) is 0 Å². The topological polar surface area (TPSA) is 21.3 Å². The maximum absolute atomic E-state index is 12.1. The van der Waals surface area contributed by atoms with Crippen LogP contribution in [-0.2, 0) is 6.42 Å². The number of ether oxygens (including phenoxy) is 1. The molecule has 2 aromatic rings.